The highest BCUT2D eigenvalue weighted by Gasteiger charge is 2.29. The third kappa shape index (κ3) is 5.23. The Balaban J connectivity index is 1.78. The van der Waals surface area contributed by atoms with Crippen molar-refractivity contribution < 1.29 is 23.9 Å². The minimum Gasteiger partial charge on any atom is -0.481 e. The topological polar surface area (TPSA) is 120 Å². The number of ether oxygens (including phenoxy) is 2. The monoisotopic (exact) mass is 445 g/mol. The molecule has 1 aromatic heterocycles. The molecule has 2 amide bonds. The molecule has 1 aliphatic rings. The van der Waals surface area contributed by atoms with Crippen LogP contribution in [0.1, 0.15) is 58.3 Å². The van der Waals surface area contributed by atoms with Gasteiger partial charge in [-0.2, -0.15) is 0 Å². The number of hydrazine groups is 1. The number of fused-ring (bicyclic) bond motifs is 1. The fraction of sp³-hybridized carbons (Fsp3) is 0.409. The van der Waals surface area contributed by atoms with Gasteiger partial charge in [0.2, 0.25) is 0 Å². The number of nitrogens with one attached hydrogen (secondary N) is 2. The number of benzene rings is 1. The van der Waals surface area contributed by atoms with Crippen molar-refractivity contribution in [2.75, 3.05) is 11.9 Å². The highest BCUT2D eigenvalue weighted by molar-refractivity contribution is 7.17. The van der Waals surface area contributed by atoms with Crippen LogP contribution in [-0.4, -0.2) is 30.5 Å². The third-order valence-electron chi connectivity index (χ3n) is 5.16. The summed E-state index contributed by atoms with van der Waals surface area (Å²) >= 11 is 1.45. The minimum absolute atomic E-state index is 0.273. The molecule has 0 saturated carbocycles. The average molecular weight is 446 g/mol. The van der Waals surface area contributed by atoms with E-state index in [9.17, 15) is 14.4 Å². The normalized spacial score (nSPS) is 16.1. The summed E-state index contributed by atoms with van der Waals surface area (Å²) in [6.45, 7) is 5.79. The number of rotatable bonds is 7. The molecular formula is C22H27N3O5S. The molecule has 1 aromatic carbocycles. The molecule has 0 radical (unpaired) electrons. The van der Waals surface area contributed by atoms with Crippen LogP contribution in [-0.2, 0) is 22.4 Å². The van der Waals surface area contributed by atoms with E-state index < -0.39 is 18.0 Å². The molecule has 2 aromatic rings. The van der Waals surface area contributed by atoms with Gasteiger partial charge in [-0.05, 0) is 68.9 Å². The van der Waals surface area contributed by atoms with Crippen LogP contribution in [0.3, 0.4) is 0 Å². The van der Waals surface area contributed by atoms with E-state index in [1.165, 1.54) is 11.3 Å². The number of hydrogen-bond acceptors (Lipinski definition) is 7. The first-order valence-electron chi connectivity index (χ1n) is 10.2. The molecule has 8 nitrogen and oxygen atoms in total. The van der Waals surface area contributed by atoms with E-state index in [1.807, 2.05) is 5.43 Å². The lowest BCUT2D eigenvalue weighted by Crippen LogP contribution is -2.40. The predicted octanol–water partition coefficient (Wildman–Crippen LogP) is 3.06. The predicted molar refractivity (Wildman–Crippen MR) is 118 cm³/mol. The van der Waals surface area contributed by atoms with Crippen LogP contribution in [0.4, 0.5) is 5.00 Å². The molecule has 0 unspecified atom stereocenters. The Morgan fingerprint density at radius 1 is 1.26 bits per heavy atom. The highest BCUT2D eigenvalue weighted by atomic mass is 32.1. The van der Waals surface area contributed by atoms with Crippen LogP contribution >= 0.6 is 11.3 Å². The average Bonchev–Trinajstić information content (AvgIpc) is 3.10. The van der Waals surface area contributed by atoms with Gasteiger partial charge in [-0.3, -0.25) is 15.0 Å². The smallest absolute Gasteiger partial charge is 0.341 e. The first-order valence-corrected chi connectivity index (χ1v) is 11.1. The van der Waals surface area contributed by atoms with Gasteiger partial charge in [0.25, 0.3) is 11.8 Å². The van der Waals surface area contributed by atoms with Crippen LogP contribution in [0.2, 0.25) is 0 Å². The number of hydrogen-bond donors (Lipinski definition) is 3. The lowest BCUT2D eigenvalue weighted by atomic mass is 9.88. The second kappa shape index (κ2) is 9.93. The molecule has 1 heterocycles. The van der Waals surface area contributed by atoms with Gasteiger partial charge in [0, 0.05) is 10.4 Å². The largest absolute Gasteiger partial charge is 0.481 e. The van der Waals surface area contributed by atoms with Crippen LogP contribution in [0.25, 0.3) is 0 Å². The first kappa shape index (κ1) is 22.8. The Hall–Kier alpha value is -2.91. The Bertz CT molecular complexity index is 970. The molecule has 2 atom stereocenters. The second-order valence-electron chi connectivity index (χ2n) is 7.52. The molecular weight excluding hydrogens is 418 g/mol. The Morgan fingerprint density at radius 2 is 1.97 bits per heavy atom. The van der Waals surface area contributed by atoms with Crippen molar-refractivity contribution in [3.8, 4) is 5.75 Å². The van der Waals surface area contributed by atoms with Crippen molar-refractivity contribution in [1.82, 2.24) is 5.43 Å². The number of carbonyl (C=O) groups is 3. The number of carbonyl (C=O) groups excluding carboxylic acids is 3. The second-order valence-corrected chi connectivity index (χ2v) is 8.63. The summed E-state index contributed by atoms with van der Waals surface area (Å²) < 4.78 is 10.7. The molecule has 4 N–H and O–H groups in total. The Morgan fingerprint density at radius 3 is 2.61 bits per heavy atom. The van der Waals surface area contributed by atoms with Gasteiger partial charge in [-0.1, -0.05) is 6.92 Å². The maximum Gasteiger partial charge on any atom is 0.341 e. The van der Waals surface area contributed by atoms with Gasteiger partial charge < -0.3 is 14.8 Å². The minimum atomic E-state index is -0.767. The van der Waals surface area contributed by atoms with Gasteiger partial charge in [0.15, 0.2) is 6.10 Å². The molecule has 9 heteroatoms. The summed E-state index contributed by atoms with van der Waals surface area (Å²) in [6, 6.07) is 6.39. The molecule has 0 saturated heterocycles. The maximum atomic E-state index is 12.8. The zero-order chi connectivity index (χ0) is 22.5. The SMILES string of the molecule is CCOC(=O)c1c(NC(=O)c2ccc(O[C@@H](C)C(=O)NN)cc2)sc2c1CC[C@H](C)C2. The lowest BCUT2D eigenvalue weighted by molar-refractivity contribution is -0.127. The van der Waals surface area contributed by atoms with E-state index in [2.05, 4.69) is 12.2 Å². The first-order chi connectivity index (χ1) is 14.8. The van der Waals surface area contributed by atoms with Crippen molar-refractivity contribution >= 4 is 34.1 Å². The van der Waals surface area contributed by atoms with E-state index in [0.29, 0.717) is 27.8 Å². The quantitative estimate of drug-likeness (QED) is 0.261. The van der Waals surface area contributed by atoms with Crippen molar-refractivity contribution in [2.45, 2.75) is 46.1 Å². The molecule has 166 valence electrons. The third-order valence-corrected chi connectivity index (χ3v) is 6.33. The molecule has 3 rings (SSSR count). The van der Waals surface area contributed by atoms with Crippen LogP contribution in [0, 0.1) is 5.92 Å². The van der Waals surface area contributed by atoms with Gasteiger partial charge >= 0.3 is 5.97 Å². The van der Waals surface area contributed by atoms with Gasteiger partial charge in [-0.15, -0.1) is 11.3 Å². The molecule has 0 spiro atoms. The zero-order valence-corrected chi connectivity index (χ0v) is 18.6. The Labute approximate surface area is 185 Å². The number of nitrogens with two attached hydrogens (primary N) is 1. The van der Waals surface area contributed by atoms with Crippen molar-refractivity contribution in [1.29, 1.82) is 0 Å². The van der Waals surface area contributed by atoms with Crippen LogP contribution in [0.15, 0.2) is 24.3 Å². The van der Waals surface area contributed by atoms with E-state index in [4.69, 9.17) is 15.3 Å². The summed E-state index contributed by atoms with van der Waals surface area (Å²) in [5.74, 6) is 4.88. The summed E-state index contributed by atoms with van der Waals surface area (Å²) in [4.78, 5) is 38.0. The molecule has 0 aliphatic heterocycles. The van der Waals surface area contributed by atoms with E-state index in [0.717, 1.165) is 29.7 Å². The number of amides is 2. The van der Waals surface area contributed by atoms with E-state index >= 15 is 0 Å². The van der Waals surface area contributed by atoms with Gasteiger partial charge in [-0.25, -0.2) is 10.6 Å². The number of esters is 1. The fourth-order valence-corrected chi connectivity index (χ4v) is 4.89. The van der Waals surface area contributed by atoms with Crippen molar-refractivity contribution in [2.24, 2.45) is 11.8 Å². The van der Waals surface area contributed by atoms with Crippen LogP contribution in [0.5, 0.6) is 5.75 Å². The number of thiophene rings is 1. The molecule has 1 aliphatic carbocycles. The molecule has 31 heavy (non-hydrogen) atoms. The van der Waals surface area contributed by atoms with E-state index in [1.54, 1.807) is 38.1 Å². The fourth-order valence-electron chi connectivity index (χ4n) is 3.49. The maximum absolute atomic E-state index is 12.8. The summed E-state index contributed by atoms with van der Waals surface area (Å²) in [5, 5.41) is 3.41. The van der Waals surface area contributed by atoms with Crippen molar-refractivity contribution in [3.05, 3.63) is 45.8 Å². The standard InChI is InChI=1S/C22H27N3O5S/c1-4-29-22(28)18-16-10-5-12(2)11-17(16)31-21(18)24-20(27)14-6-8-15(9-7-14)30-13(3)19(26)25-23/h6-9,12-13H,4-5,10-11,23H2,1-3H3,(H,24,27)(H,25,26)/t12-,13-/m0/s1. The number of anilines is 1. The molecule has 0 fully saturated rings. The highest BCUT2D eigenvalue weighted by Crippen LogP contribution is 2.40. The molecule has 0 bridgehead atoms. The summed E-state index contributed by atoms with van der Waals surface area (Å²) in [5.41, 5.74) is 3.89. The van der Waals surface area contributed by atoms with Crippen molar-refractivity contribution in [3.63, 3.8) is 0 Å². The summed E-state index contributed by atoms with van der Waals surface area (Å²) in [7, 11) is 0. The Kier molecular flexibility index (Phi) is 7.29. The van der Waals surface area contributed by atoms with Gasteiger partial charge in [0.1, 0.15) is 10.8 Å². The van der Waals surface area contributed by atoms with Crippen LogP contribution < -0.4 is 21.3 Å². The van der Waals surface area contributed by atoms with Gasteiger partial charge in [0.05, 0.1) is 12.2 Å². The van der Waals surface area contributed by atoms with E-state index in [-0.39, 0.29) is 12.5 Å². The zero-order valence-electron chi connectivity index (χ0n) is 17.8. The lowest BCUT2D eigenvalue weighted by Gasteiger charge is -2.18. The summed E-state index contributed by atoms with van der Waals surface area (Å²) in [6.07, 6.45) is 1.93.